The highest BCUT2D eigenvalue weighted by Crippen LogP contribution is 2.20. The zero-order chi connectivity index (χ0) is 12.7. The quantitative estimate of drug-likeness (QED) is 0.736. The maximum absolute atomic E-state index is 8.99. The molecule has 0 saturated carbocycles. The fourth-order valence-electron chi connectivity index (χ4n) is 1.68. The van der Waals surface area contributed by atoms with Gasteiger partial charge in [0.1, 0.15) is 0 Å². The molecular weight excluding hydrogens is 210 g/mol. The van der Waals surface area contributed by atoms with E-state index in [1.54, 1.807) is 0 Å². The molecule has 3 nitrogen and oxygen atoms in total. The lowest BCUT2D eigenvalue weighted by Gasteiger charge is -2.17. The van der Waals surface area contributed by atoms with Gasteiger partial charge in [-0.3, -0.25) is 0 Å². The van der Waals surface area contributed by atoms with E-state index in [-0.39, 0.29) is 5.41 Å². The van der Waals surface area contributed by atoms with Crippen molar-refractivity contribution >= 4 is 0 Å². The number of nitrogens with zero attached hydrogens (tertiary/aromatic N) is 2. The van der Waals surface area contributed by atoms with Gasteiger partial charge < -0.3 is 9.88 Å². The van der Waals surface area contributed by atoms with E-state index >= 15 is 0 Å². The molecule has 17 heavy (non-hydrogen) atoms. The van der Waals surface area contributed by atoms with Crippen LogP contribution in [-0.4, -0.2) is 11.1 Å². The van der Waals surface area contributed by atoms with Crippen LogP contribution in [0.15, 0.2) is 18.3 Å². The maximum atomic E-state index is 8.99. The van der Waals surface area contributed by atoms with Crippen LogP contribution >= 0.6 is 0 Å². The van der Waals surface area contributed by atoms with Gasteiger partial charge in [-0.15, -0.1) is 0 Å². The van der Waals surface area contributed by atoms with E-state index < -0.39 is 0 Å². The zero-order valence-corrected chi connectivity index (χ0v) is 11.2. The predicted octanol–water partition coefficient (Wildman–Crippen LogP) is 2.93. The normalized spacial score (nSPS) is 11.4. The van der Waals surface area contributed by atoms with Gasteiger partial charge in [0.2, 0.25) is 0 Å². The molecule has 0 aliphatic heterocycles. The molecule has 1 heterocycles. The first-order valence-corrected chi connectivity index (χ1v) is 6.35. The summed E-state index contributed by atoms with van der Waals surface area (Å²) in [5, 5.41) is 12.4. The van der Waals surface area contributed by atoms with Crippen molar-refractivity contribution in [3.05, 3.63) is 24.0 Å². The Hall–Kier alpha value is -1.27. The minimum Gasteiger partial charge on any atom is -0.350 e. The molecule has 0 aliphatic rings. The number of nitriles is 1. The van der Waals surface area contributed by atoms with Crippen molar-refractivity contribution in [2.24, 2.45) is 5.41 Å². The Morgan fingerprint density at radius 1 is 1.47 bits per heavy atom. The Balaban J connectivity index is 2.49. The Morgan fingerprint density at radius 3 is 2.88 bits per heavy atom. The average Bonchev–Trinajstić information content (AvgIpc) is 2.75. The smallest absolute Gasteiger partial charge is 0.0684 e. The van der Waals surface area contributed by atoms with Crippen LogP contribution in [0.3, 0.4) is 0 Å². The molecule has 0 spiro atoms. The fourth-order valence-corrected chi connectivity index (χ4v) is 1.68. The second-order valence-electron chi connectivity index (χ2n) is 5.12. The third-order valence-electron chi connectivity index (χ3n) is 2.94. The summed E-state index contributed by atoms with van der Waals surface area (Å²) in [5.41, 5.74) is 1.06. The molecule has 0 bridgehead atoms. The van der Waals surface area contributed by atoms with Crippen LogP contribution < -0.4 is 5.32 Å². The third kappa shape index (κ3) is 4.62. The number of rotatable bonds is 7. The topological polar surface area (TPSA) is 40.8 Å². The first-order chi connectivity index (χ1) is 8.09. The summed E-state index contributed by atoms with van der Waals surface area (Å²) in [4.78, 5) is 0. The first kappa shape index (κ1) is 13.8. The molecule has 3 heteroatoms. The van der Waals surface area contributed by atoms with Gasteiger partial charge in [0.05, 0.1) is 11.5 Å². The average molecular weight is 233 g/mol. The Kier molecular flexibility index (Phi) is 5.24. The summed E-state index contributed by atoms with van der Waals surface area (Å²) in [5.74, 6) is 0. The second-order valence-corrected chi connectivity index (χ2v) is 5.12. The summed E-state index contributed by atoms with van der Waals surface area (Å²) < 4.78 is 2.24. The molecule has 0 radical (unpaired) electrons. The van der Waals surface area contributed by atoms with Crippen LogP contribution in [0, 0.1) is 16.7 Å². The monoisotopic (exact) mass is 233 g/mol. The molecule has 0 atom stereocenters. The van der Waals surface area contributed by atoms with Gasteiger partial charge in [0.25, 0.3) is 0 Å². The molecule has 1 rings (SSSR count). The van der Waals surface area contributed by atoms with Crippen LogP contribution in [0.25, 0.3) is 0 Å². The number of hydrogen-bond acceptors (Lipinski definition) is 2. The number of hydrogen-bond donors (Lipinski definition) is 1. The Morgan fingerprint density at radius 2 is 2.24 bits per heavy atom. The third-order valence-corrected chi connectivity index (χ3v) is 2.94. The Bertz CT molecular complexity index is 371. The number of aromatic nitrogens is 1. The maximum Gasteiger partial charge on any atom is 0.0684 e. The number of aryl methyl sites for hydroxylation is 1. The van der Waals surface area contributed by atoms with Crippen molar-refractivity contribution < 1.29 is 0 Å². The summed E-state index contributed by atoms with van der Waals surface area (Å²) in [6.45, 7) is 9.03. The molecule has 1 N–H and O–H groups in total. The minimum absolute atomic E-state index is 0.238. The van der Waals surface area contributed by atoms with E-state index in [0.717, 1.165) is 32.5 Å². The van der Waals surface area contributed by atoms with Crippen LogP contribution in [0.5, 0.6) is 0 Å². The molecular formula is C14H23N3. The Labute approximate surface area is 104 Å². The molecule has 0 saturated heterocycles. The first-order valence-electron chi connectivity index (χ1n) is 6.35. The van der Waals surface area contributed by atoms with Gasteiger partial charge >= 0.3 is 0 Å². The lowest BCUT2D eigenvalue weighted by Crippen LogP contribution is -2.18. The highest BCUT2D eigenvalue weighted by Gasteiger charge is 2.16. The van der Waals surface area contributed by atoms with Gasteiger partial charge in [-0.25, -0.2) is 0 Å². The largest absolute Gasteiger partial charge is 0.350 e. The van der Waals surface area contributed by atoms with Gasteiger partial charge in [0, 0.05) is 25.0 Å². The van der Waals surface area contributed by atoms with Gasteiger partial charge in [-0.1, -0.05) is 6.92 Å². The standard InChI is InChI=1S/C14H23N3/c1-4-8-16-11-13-6-5-9-17(13)10-7-14(2,3)12-15/h5-6,9,16H,4,7-8,10-11H2,1-3H3. The van der Waals surface area contributed by atoms with Crippen molar-refractivity contribution in [3.8, 4) is 6.07 Å². The molecule has 0 aliphatic carbocycles. The fraction of sp³-hybridized carbons (Fsp3) is 0.643. The van der Waals surface area contributed by atoms with Crippen molar-refractivity contribution in [1.82, 2.24) is 9.88 Å². The van der Waals surface area contributed by atoms with Crippen LogP contribution in [-0.2, 0) is 13.1 Å². The summed E-state index contributed by atoms with van der Waals surface area (Å²) in [6, 6.07) is 6.56. The van der Waals surface area contributed by atoms with Crippen molar-refractivity contribution in [1.29, 1.82) is 5.26 Å². The van der Waals surface area contributed by atoms with E-state index in [2.05, 4.69) is 41.2 Å². The van der Waals surface area contributed by atoms with E-state index in [1.165, 1.54) is 5.69 Å². The predicted molar refractivity (Wildman–Crippen MR) is 70.4 cm³/mol. The summed E-state index contributed by atoms with van der Waals surface area (Å²) >= 11 is 0. The lowest BCUT2D eigenvalue weighted by atomic mass is 9.91. The molecule has 0 aromatic carbocycles. The van der Waals surface area contributed by atoms with Gasteiger partial charge in [-0.05, 0) is 45.4 Å². The zero-order valence-electron chi connectivity index (χ0n) is 11.2. The van der Waals surface area contributed by atoms with Crippen molar-refractivity contribution in [2.75, 3.05) is 6.54 Å². The van der Waals surface area contributed by atoms with Crippen LogP contribution in [0.2, 0.25) is 0 Å². The number of nitrogens with one attached hydrogen (secondary N) is 1. The van der Waals surface area contributed by atoms with E-state index in [4.69, 9.17) is 5.26 Å². The van der Waals surface area contributed by atoms with E-state index in [0.29, 0.717) is 0 Å². The van der Waals surface area contributed by atoms with Crippen molar-refractivity contribution in [2.45, 2.75) is 46.7 Å². The molecule has 0 unspecified atom stereocenters. The highest BCUT2D eigenvalue weighted by molar-refractivity contribution is 5.07. The molecule has 1 aromatic rings. The van der Waals surface area contributed by atoms with Crippen LogP contribution in [0.4, 0.5) is 0 Å². The molecule has 0 amide bonds. The van der Waals surface area contributed by atoms with E-state index in [9.17, 15) is 0 Å². The van der Waals surface area contributed by atoms with Gasteiger partial charge in [0.15, 0.2) is 0 Å². The van der Waals surface area contributed by atoms with E-state index in [1.807, 2.05) is 13.8 Å². The molecule has 94 valence electrons. The molecule has 0 fully saturated rings. The van der Waals surface area contributed by atoms with Crippen molar-refractivity contribution in [3.63, 3.8) is 0 Å². The summed E-state index contributed by atoms with van der Waals surface area (Å²) in [7, 11) is 0. The lowest BCUT2D eigenvalue weighted by molar-refractivity contribution is 0.408. The second kappa shape index (κ2) is 6.46. The van der Waals surface area contributed by atoms with Gasteiger partial charge in [-0.2, -0.15) is 5.26 Å². The highest BCUT2D eigenvalue weighted by atomic mass is 15.0. The summed E-state index contributed by atoms with van der Waals surface area (Å²) in [6.07, 6.45) is 4.14. The molecule has 1 aromatic heterocycles. The SMILES string of the molecule is CCCNCc1cccn1CCC(C)(C)C#N. The minimum atomic E-state index is -0.238. The van der Waals surface area contributed by atoms with Crippen LogP contribution in [0.1, 0.15) is 39.3 Å².